The molecule has 1 atom stereocenters. The Morgan fingerprint density at radius 3 is 2.61 bits per heavy atom. The van der Waals surface area contributed by atoms with Crippen LogP contribution in [0.5, 0.6) is 0 Å². The number of ether oxygens (including phenoxy) is 1. The zero-order valence-electron chi connectivity index (χ0n) is 15.4. The maximum Gasteiger partial charge on any atom is 0.338 e. The van der Waals surface area contributed by atoms with Gasteiger partial charge in [0.1, 0.15) is 19.0 Å². The van der Waals surface area contributed by atoms with Gasteiger partial charge in [0.05, 0.1) is 5.57 Å². The molecule has 0 aliphatic carbocycles. The highest BCUT2D eigenvalue weighted by Crippen LogP contribution is 2.31. The summed E-state index contributed by atoms with van der Waals surface area (Å²) in [4.78, 5) is 17.1. The van der Waals surface area contributed by atoms with Crippen molar-refractivity contribution in [2.24, 2.45) is 0 Å². The number of aromatic nitrogens is 3. The zero-order valence-corrected chi connectivity index (χ0v) is 15.4. The third-order valence-corrected chi connectivity index (χ3v) is 4.54. The molecule has 0 amide bonds. The molecular weight excluding hydrogens is 352 g/mol. The van der Waals surface area contributed by atoms with Crippen LogP contribution in [0.2, 0.25) is 0 Å². The molecule has 2 heterocycles. The van der Waals surface area contributed by atoms with Crippen LogP contribution in [0.1, 0.15) is 24.1 Å². The topological polar surface area (TPSA) is 69.0 Å². The molecule has 0 radical (unpaired) electrons. The molecule has 4 rings (SSSR count). The van der Waals surface area contributed by atoms with Crippen LogP contribution in [0.3, 0.4) is 0 Å². The minimum absolute atomic E-state index is 0.218. The molecule has 1 aliphatic heterocycles. The first-order valence-corrected chi connectivity index (χ1v) is 9.04. The van der Waals surface area contributed by atoms with E-state index in [0.29, 0.717) is 17.2 Å². The highest BCUT2D eigenvalue weighted by molar-refractivity contribution is 5.92. The van der Waals surface area contributed by atoms with Gasteiger partial charge in [0.25, 0.3) is 0 Å². The van der Waals surface area contributed by atoms with Crippen LogP contribution in [-0.4, -0.2) is 20.7 Å². The van der Waals surface area contributed by atoms with Gasteiger partial charge in [-0.2, -0.15) is 10.1 Å². The summed E-state index contributed by atoms with van der Waals surface area (Å²) in [6.45, 7) is 2.07. The van der Waals surface area contributed by atoms with Crippen molar-refractivity contribution in [2.45, 2.75) is 19.6 Å². The Morgan fingerprint density at radius 1 is 1.14 bits per heavy atom. The summed E-state index contributed by atoms with van der Waals surface area (Å²) in [6, 6.07) is 19.1. The lowest BCUT2D eigenvalue weighted by Crippen LogP contribution is -2.27. The Balaban J connectivity index is 1.61. The monoisotopic (exact) mass is 372 g/mol. The number of allylic oxidation sites excluding steroid dienone is 2. The second-order valence-corrected chi connectivity index (χ2v) is 6.47. The van der Waals surface area contributed by atoms with Gasteiger partial charge in [-0.3, -0.25) is 0 Å². The molecular formula is C22H20N4O2. The normalized spacial score (nSPS) is 16.0. The predicted molar refractivity (Wildman–Crippen MR) is 107 cm³/mol. The molecule has 1 N–H and O–H groups in total. The molecule has 1 aliphatic rings. The van der Waals surface area contributed by atoms with E-state index in [-0.39, 0.29) is 12.6 Å². The average molecular weight is 372 g/mol. The molecule has 0 unspecified atom stereocenters. The molecule has 0 fully saturated rings. The number of nitrogens with one attached hydrogen (secondary N) is 1. The first kappa shape index (κ1) is 17.7. The fraction of sp³-hybridized carbons (Fsp3) is 0.136. The molecule has 6 heteroatoms. The first-order valence-electron chi connectivity index (χ1n) is 9.04. The van der Waals surface area contributed by atoms with Crippen molar-refractivity contribution in [1.82, 2.24) is 14.8 Å². The van der Waals surface area contributed by atoms with Gasteiger partial charge in [0.15, 0.2) is 0 Å². The van der Waals surface area contributed by atoms with E-state index in [1.807, 2.05) is 79.7 Å². The Morgan fingerprint density at radius 2 is 1.86 bits per heavy atom. The number of hydrogen-bond donors (Lipinski definition) is 1. The van der Waals surface area contributed by atoms with Crippen LogP contribution in [-0.2, 0) is 16.1 Å². The van der Waals surface area contributed by atoms with Gasteiger partial charge in [-0.1, -0.05) is 72.8 Å². The highest BCUT2D eigenvalue weighted by Gasteiger charge is 2.31. The number of benzene rings is 2. The van der Waals surface area contributed by atoms with E-state index in [1.165, 1.54) is 6.33 Å². The maximum absolute atomic E-state index is 12.9. The van der Waals surface area contributed by atoms with Gasteiger partial charge in [-0.15, -0.1) is 0 Å². The van der Waals surface area contributed by atoms with Crippen LogP contribution in [0, 0.1) is 0 Å². The number of hydrogen-bond acceptors (Lipinski definition) is 5. The fourth-order valence-corrected chi connectivity index (χ4v) is 3.14. The summed E-state index contributed by atoms with van der Waals surface area (Å²) in [5, 5.41) is 7.42. The van der Waals surface area contributed by atoms with Gasteiger partial charge in [0, 0.05) is 5.70 Å². The van der Waals surface area contributed by atoms with Crippen LogP contribution in [0.4, 0.5) is 5.95 Å². The Bertz CT molecular complexity index is 1020. The summed E-state index contributed by atoms with van der Waals surface area (Å²) in [5.41, 5.74) is 3.20. The smallest absolute Gasteiger partial charge is 0.338 e. The van der Waals surface area contributed by atoms with Gasteiger partial charge in [0.2, 0.25) is 5.95 Å². The molecule has 3 aromatic rings. The van der Waals surface area contributed by atoms with E-state index in [1.54, 1.807) is 4.68 Å². The predicted octanol–water partition coefficient (Wildman–Crippen LogP) is 3.98. The number of anilines is 1. The molecule has 0 saturated carbocycles. The zero-order chi connectivity index (χ0) is 19.3. The van der Waals surface area contributed by atoms with Crippen molar-refractivity contribution in [1.29, 1.82) is 0 Å². The lowest BCUT2D eigenvalue weighted by atomic mass is 10.0. The van der Waals surface area contributed by atoms with Crippen molar-refractivity contribution in [2.75, 3.05) is 5.32 Å². The number of nitrogens with zero attached hydrogens (tertiary/aromatic N) is 3. The lowest BCUT2D eigenvalue weighted by molar-refractivity contribution is -0.140. The lowest BCUT2D eigenvalue weighted by Gasteiger charge is -2.25. The van der Waals surface area contributed by atoms with E-state index in [2.05, 4.69) is 15.4 Å². The van der Waals surface area contributed by atoms with Crippen molar-refractivity contribution >= 4 is 18.0 Å². The minimum atomic E-state index is -0.401. The number of esters is 1. The molecule has 0 bridgehead atoms. The third-order valence-electron chi connectivity index (χ3n) is 4.54. The van der Waals surface area contributed by atoms with Crippen LogP contribution in [0.15, 0.2) is 84.3 Å². The van der Waals surface area contributed by atoms with Gasteiger partial charge in [-0.05, 0) is 18.1 Å². The average Bonchev–Trinajstić information content (AvgIpc) is 3.19. The van der Waals surface area contributed by atoms with Crippen LogP contribution in [0.25, 0.3) is 6.08 Å². The second kappa shape index (κ2) is 7.92. The molecule has 1 aromatic heterocycles. The highest BCUT2D eigenvalue weighted by atomic mass is 16.5. The fourth-order valence-electron chi connectivity index (χ4n) is 3.14. The quantitative estimate of drug-likeness (QED) is 0.686. The van der Waals surface area contributed by atoms with Crippen molar-refractivity contribution in [3.8, 4) is 0 Å². The van der Waals surface area contributed by atoms with Crippen LogP contribution < -0.4 is 5.32 Å². The van der Waals surface area contributed by atoms with Crippen LogP contribution >= 0.6 is 0 Å². The van der Waals surface area contributed by atoms with E-state index in [9.17, 15) is 4.79 Å². The van der Waals surface area contributed by atoms with Crippen molar-refractivity contribution in [3.63, 3.8) is 0 Å². The summed E-state index contributed by atoms with van der Waals surface area (Å²) in [6.07, 6.45) is 5.38. The molecule has 0 saturated heterocycles. The summed E-state index contributed by atoms with van der Waals surface area (Å²) >= 11 is 0. The van der Waals surface area contributed by atoms with E-state index in [0.717, 1.165) is 11.1 Å². The molecule has 140 valence electrons. The molecule has 28 heavy (non-hydrogen) atoms. The van der Waals surface area contributed by atoms with Crippen molar-refractivity contribution < 1.29 is 9.53 Å². The minimum Gasteiger partial charge on any atom is -0.457 e. The van der Waals surface area contributed by atoms with E-state index in [4.69, 9.17) is 4.74 Å². The number of carbonyl (C=O) groups is 1. The Hall–Kier alpha value is -3.67. The molecule has 0 spiro atoms. The number of rotatable bonds is 5. The maximum atomic E-state index is 12.9. The second-order valence-electron chi connectivity index (χ2n) is 6.47. The Labute approximate surface area is 163 Å². The van der Waals surface area contributed by atoms with E-state index < -0.39 is 6.04 Å². The third kappa shape index (κ3) is 3.71. The summed E-state index contributed by atoms with van der Waals surface area (Å²) in [5.74, 6) is 0.220. The Kier molecular flexibility index (Phi) is 5.01. The standard InChI is InChI=1S/C22H20N4O2/c1-16-20(21(27)28-14-18-10-6-3-7-11-18)19(26-22(25-16)23-15-24-26)13-12-17-8-4-2-5-9-17/h2-13,15,19H,14H2,1H3,(H,23,24,25)/b13-12+/t19-/m0/s1. The van der Waals surface area contributed by atoms with Crippen molar-refractivity contribution in [3.05, 3.63) is 95.5 Å². The first-order chi connectivity index (χ1) is 13.7. The van der Waals surface area contributed by atoms with E-state index >= 15 is 0 Å². The molecule has 6 nitrogen and oxygen atoms in total. The van der Waals surface area contributed by atoms with Gasteiger partial charge >= 0.3 is 5.97 Å². The largest absolute Gasteiger partial charge is 0.457 e. The number of carbonyl (C=O) groups excluding carboxylic acids is 1. The molecule has 2 aromatic carbocycles. The van der Waals surface area contributed by atoms with Gasteiger partial charge < -0.3 is 10.1 Å². The SMILES string of the molecule is CC1=C(C(=O)OCc2ccccc2)[C@H](/C=C/c2ccccc2)n2ncnc2N1. The van der Waals surface area contributed by atoms with Gasteiger partial charge in [-0.25, -0.2) is 9.48 Å². The summed E-state index contributed by atoms with van der Waals surface area (Å²) < 4.78 is 7.27. The summed E-state index contributed by atoms with van der Waals surface area (Å²) in [7, 11) is 0. The number of fused-ring (bicyclic) bond motifs is 1.